The fourth-order valence-corrected chi connectivity index (χ4v) is 2.75. The molecule has 100 valence electrons. The Morgan fingerprint density at radius 1 is 1.53 bits per heavy atom. The first-order valence-corrected chi connectivity index (χ1v) is 7.00. The number of rotatable bonds is 4. The molecule has 2 rings (SSSR count). The van der Waals surface area contributed by atoms with Crippen LogP contribution in [0.25, 0.3) is 0 Å². The number of aromatic amines is 2. The van der Waals surface area contributed by atoms with Crippen LogP contribution in [-0.2, 0) is 11.2 Å². The Morgan fingerprint density at radius 3 is 2.89 bits per heavy atom. The van der Waals surface area contributed by atoms with Gasteiger partial charge in [0.1, 0.15) is 0 Å². The van der Waals surface area contributed by atoms with E-state index in [1.165, 1.54) is 11.3 Å². The second-order valence-corrected chi connectivity index (χ2v) is 6.29. The summed E-state index contributed by atoms with van der Waals surface area (Å²) in [5.74, 6) is -0.333. The topological polar surface area (TPSA) is 90.1 Å². The Labute approximate surface area is 121 Å². The molecule has 0 radical (unpaired) electrons. The predicted molar refractivity (Wildman–Crippen MR) is 77.6 cm³/mol. The number of carbonyl (C=O) groups is 1. The van der Waals surface area contributed by atoms with Crippen molar-refractivity contribution in [2.75, 3.05) is 0 Å². The highest BCUT2D eigenvalue weighted by atomic mass is 79.9. The smallest absolute Gasteiger partial charge is 0.267 e. The Bertz CT molecular complexity index is 670. The standard InChI is InChI=1S/C11H11BrN4O2S/c1-6-8(11(18)16-14-6)4-10(17)15-13-5-7-2-3-9(12)19-7/h2-3,5H,4H2,1H3,(H,15,17)(H2,14,16,18)/b13-5-. The van der Waals surface area contributed by atoms with Crippen LogP contribution >= 0.6 is 27.3 Å². The third-order valence-corrected chi connectivity index (χ3v) is 3.96. The van der Waals surface area contributed by atoms with Crippen molar-refractivity contribution >= 4 is 39.4 Å². The highest BCUT2D eigenvalue weighted by molar-refractivity contribution is 9.11. The number of carbonyl (C=O) groups excluding carboxylic acids is 1. The largest absolute Gasteiger partial charge is 0.302 e. The molecule has 2 aromatic rings. The average Bonchev–Trinajstić information content (AvgIpc) is 2.90. The van der Waals surface area contributed by atoms with Crippen LogP contribution in [0.1, 0.15) is 16.1 Å². The molecule has 0 atom stereocenters. The summed E-state index contributed by atoms with van der Waals surface area (Å²) in [6, 6.07) is 3.78. The van der Waals surface area contributed by atoms with E-state index in [0.29, 0.717) is 11.3 Å². The van der Waals surface area contributed by atoms with Crippen molar-refractivity contribution in [2.45, 2.75) is 13.3 Å². The first-order chi connectivity index (χ1) is 9.06. The fraction of sp³-hybridized carbons (Fsp3) is 0.182. The lowest BCUT2D eigenvalue weighted by molar-refractivity contribution is -0.120. The molecule has 0 aliphatic rings. The number of H-pyrrole nitrogens is 2. The number of thiophene rings is 1. The highest BCUT2D eigenvalue weighted by Gasteiger charge is 2.10. The number of hydrazone groups is 1. The minimum absolute atomic E-state index is 0.00383. The number of hydrogen-bond donors (Lipinski definition) is 3. The van der Waals surface area contributed by atoms with E-state index in [2.05, 4.69) is 36.7 Å². The van der Waals surface area contributed by atoms with Crippen molar-refractivity contribution in [3.63, 3.8) is 0 Å². The maximum Gasteiger partial charge on any atom is 0.267 e. The molecule has 0 spiro atoms. The van der Waals surface area contributed by atoms with E-state index in [4.69, 9.17) is 0 Å². The zero-order valence-corrected chi connectivity index (χ0v) is 12.4. The number of aromatic nitrogens is 2. The van der Waals surface area contributed by atoms with Crippen molar-refractivity contribution in [2.24, 2.45) is 5.10 Å². The van der Waals surface area contributed by atoms with E-state index < -0.39 is 0 Å². The Hall–Kier alpha value is -1.67. The van der Waals surface area contributed by atoms with Gasteiger partial charge in [0.05, 0.1) is 16.4 Å². The average molecular weight is 343 g/mol. The first-order valence-electron chi connectivity index (χ1n) is 5.39. The number of amides is 1. The van der Waals surface area contributed by atoms with E-state index in [-0.39, 0.29) is 17.9 Å². The Kier molecular flexibility index (Phi) is 4.33. The minimum atomic E-state index is -0.333. The fourth-order valence-electron chi connectivity index (χ4n) is 1.45. The SMILES string of the molecule is Cc1[nH][nH]c(=O)c1CC(=O)N/N=C\c1ccc(Br)s1. The maximum atomic E-state index is 11.6. The van der Waals surface area contributed by atoms with Crippen LogP contribution in [0.3, 0.4) is 0 Å². The van der Waals surface area contributed by atoms with Crippen molar-refractivity contribution < 1.29 is 4.79 Å². The lowest BCUT2D eigenvalue weighted by Crippen LogP contribution is -2.22. The molecule has 0 bridgehead atoms. The second-order valence-electron chi connectivity index (χ2n) is 3.79. The van der Waals surface area contributed by atoms with Gasteiger partial charge in [-0.3, -0.25) is 14.7 Å². The zero-order valence-electron chi connectivity index (χ0n) is 9.99. The Morgan fingerprint density at radius 2 is 2.32 bits per heavy atom. The molecule has 0 saturated heterocycles. The van der Waals surface area contributed by atoms with Crippen LogP contribution in [0.4, 0.5) is 0 Å². The second kappa shape index (κ2) is 5.98. The van der Waals surface area contributed by atoms with Gasteiger partial charge in [0.15, 0.2) is 0 Å². The van der Waals surface area contributed by atoms with E-state index in [0.717, 1.165) is 8.66 Å². The van der Waals surface area contributed by atoms with E-state index in [1.54, 1.807) is 13.1 Å². The monoisotopic (exact) mass is 342 g/mol. The molecule has 0 fully saturated rings. The molecule has 0 aliphatic heterocycles. The predicted octanol–water partition coefficient (Wildman–Crippen LogP) is 1.53. The summed E-state index contributed by atoms with van der Waals surface area (Å²) >= 11 is 4.84. The molecule has 1 amide bonds. The molecule has 0 unspecified atom stereocenters. The van der Waals surface area contributed by atoms with Gasteiger partial charge in [0.25, 0.3) is 5.56 Å². The quantitative estimate of drug-likeness (QED) is 0.580. The van der Waals surface area contributed by atoms with Crippen LogP contribution in [0.15, 0.2) is 25.8 Å². The number of nitrogens with zero attached hydrogens (tertiary/aromatic N) is 1. The molecule has 2 heterocycles. The molecule has 6 nitrogen and oxygen atoms in total. The molecule has 3 N–H and O–H groups in total. The van der Waals surface area contributed by atoms with Crippen LogP contribution < -0.4 is 11.0 Å². The summed E-state index contributed by atoms with van der Waals surface area (Å²) in [4.78, 5) is 23.9. The molecule has 2 aromatic heterocycles. The normalized spacial score (nSPS) is 11.1. The Balaban J connectivity index is 1.92. The van der Waals surface area contributed by atoms with Crippen LogP contribution in [0.5, 0.6) is 0 Å². The number of aryl methyl sites for hydroxylation is 1. The molecule has 0 saturated carbocycles. The highest BCUT2D eigenvalue weighted by Crippen LogP contribution is 2.20. The van der Waals surface area contributed by atoms with Crippen molar-refractivity contribution in [3.8, 4) is 0 Å². The van der Waals surface area contributed by atoms with Gasteiger partial charge in [-0.2, -0.15) is 5.10 Å². The summed E-state index contributed by atoms with van der Waals surface area (Å²) in [5, 5.41) is 8.93. The van der Waals surface area contributed by atoms with Gasteiger partial charge < -0.3 is 5.10 Å². The molecule has 8 heteroatoms. The lowest BCUT2D eigenvalue weighted by Gasteiger charge is -1.97. The van der Waals surface area contributed by atoms with Gasteiger partial charge in [0.2, 0.25) is 5.91 Å². The van der Waals surface area contributed by atoms with Crippen molar-refractivity contribution in [1.29, 1.82) is 0 Å². The van der Waals surface area contributed by atoms with E-state index >= 15 is 0 Å². The number of nitrogens with one attached hydrogen (secondary N) is 3. The number of hydrogen-bond acceptors (Lipinski definition) is 4. The summed E-state index contributed by atoms with van der Waals surface area (Å²) in [5.41, 5.74) is 3.19. The molecular weight excluding hydrogens is 332 g/mol. The molecule has 0 aliphatic carbocycles. The van der Waals surface area contributed by atoms with Gasteiger partial charge in [-0.1, -0.05) is 0 Å². The third kappa shape index (κ3) is 3.65. The lowest BCUT2D eigenvalue weighted by atomic mass is 10.2. The first kappa shape index (κ1) is 13.8. The number of halogens is 1. The summed E-state index contributed by atoms with van der Waals surface area (Å²) in [6.45, 7) is 1.73. The van der Waals surface area contributed by atoms with Crippen LogP contribution in [0, 0.1) is 6.92 Å². The van der Waals surface area contributed by atoms with Crippen molar-refractivity contribution in [1.82, 2.24) is 15.6 Å². The third-order valence-electron chi connectivity index (χ3n) is 2.40. The molecule has 0 aromatic carbocycles. The minimum Gasteiger partial charge on any atom is -0.302 e. The molecule has 19 heavy (non-hydrogen) atoms. The summed E-state index contributed by atoms with van der Waals surface area (Å²) in [7, 11) is 0. The summed E-state index contributed by atoms with van der Waals surface area (Å²) in [6.07, 6.45) is 1.55. The van der Waals surface area contributed by atoms with Gasteiger partial charge in [-0.05, 0) is 35.0 Å². The van der Waals surface area contributed by atoms with Gasteiger partial charge >= 0.3 is 0 Å². The van der Waals surface area contributed by atoms with Gasteiger partial charge in [0, 0.05) is 16.1 Å². The van der Waals surface area contributed by atoms with Gasteiger partial charge in [-0.15, -0.1) is 11.3 Å². The maximum absolute atomic E-state index is 11.6. The van der Waals surface area contributed by atoms with E-state index in [1.807, 2.05) is 12.1 Å². The zero-order chi connectivity index (χ0) is 13.8. The van der Waals surface area contributed by atoms with Crippen molar-refractivity contribution in [3.05, 3.63) is 42.4 Å². The van der Waals surface area contributed by atoms with Crippen LogP contribution in [-0.4, -0.2) is 22.3 Å². The van der Waals surface area contributed by atoms with E-state index in [9.17, 15) is 9.59 Å². The van der Waals surface area contributed by atoms with Gasteiger partial charge in [-0.25, -0.2) is 5.43 Å². The molecular formula is C11H11BrN4O2S. The van der Waals surface area contributed by atoms with Crippen LogP contribution in [0.2, 0.25) is 0 Å². The summed E-state index contributed by atoms with van der Waals surface area (Å²) < 4.78 is 0.995.